The number of thiophene rings is 1. The van der Waals surface area contributed by atoms with E-state index >= 15 is 0 Å². The number of hydrogen-bond acceptors (Lipinski definition) is 4. The minimum absolute atomic E-state index is 0.0171. The normalized spacial score (nSPS) is 14.5. The van der Waals surface area contributed by atoms with Crippen molar-refractivity contribution in [3.8, 4) is 0 Å². The standard InChI is InChI=1S/C31H37N3O2S/c1-4-29(35)32-25-15-10-16-26(21-25)34(23(3)20-27-17-11-19-37-27)30(28-18-9-8-12-22(28)2)31(36)33-24-13-6-5-7-14-24/h8-12,15-19,21,24,30H,3-7,13-14,20H2,1-2H3,(H,32,35)(H,33,36). The number of amides is 2. The summed E-state index contributed by atoms with van der Waals surface area (Å²) >= 11 is 1.68. The zero-order chi connectivity index (χ0) is 26.2. The van der Waals surface area contributed by atoms with E-state index < -0.39 is 6.04 Å². The molecule has 4 rings (SSSR count). The topological polar surface area (TPSA) is 61.4 Å². The Balaban J connectivity index is 1.78. The Hall–Kier alpha value is -3.38. The van der Waals surface area contributed by atoms with E-state index in [1.54, 1.807) is 11.3 Å². The maximum atomic E-state index is 14.1. The van der Waals surface area contributed by atoms with Crippen molar-refractivity contribution in [1.29, 1.82) is 0 Å². The molecule has 1 heterocycles. The van der Waals surface area contributed by atoms with Crippen LogP contribution >= 0.6 is 11.3 Å². The van der Waals surface area contributed by atoms with Gasteiger partial charge in [-0.15, -0.1) is 11.3 Å². The van der Waals surface area contributed by atoms with Crippen molar-refractivity contribution in [3.63, 3.8) is 0 Å². The highest BCUT2D eigenvalue weighted by atomic mass is 32.1. The molecule has 5 nitrogen and oxygen atoms in total. The van der Waals surface area contributed by atoms with Crippen molar-refractivity contribution >= 4 is 34.5 Å². The van der Waals surface area contributed by atoms with E-state index in [0.717, 1.165) is 48.2 Å². The zero-order valence-electron chi connectivity index (χ0n) is 21.8. The second kappa shape index (κ2) is 12.7. The molecule has 2 amide bonds. The summed E-state index contributed by atoms with van der Waals surface area (Å²) in [6.45, 7) is 8.37. The third-order valence-corrected chi connectivity index (χ3v) is 7.85. The molecular weight excluding hydrogens is 478 g/mol. The lowest BCUT2D eigenvalue weighted by Crippen LogP contribution is -2.45. The first-order chi connectivity index (χ1) is 18.0. The number of rotatable bonds is 10. The number of benzene rings is 2. The molecule has 1 aliphatic rings. The molecule has 1 unspecified atom stereocenters. The second-order valence-corrected chi connectivity index (χ2v) is 10.8. The summed E-state index contributed by atoms with van der Waals surface area (Å²) < 4.78 is 0. The second-order valence-electron chi connectivity index (χ2n) is 9.75. The molecule has 0 radical (unpaired) electrons. The molecule has 1 aromatic heterocycles. The van der Waals surface area contributed by atoms with Gasteiger partial charge >= 0.3 is 0 Å². The highest BCUT2D eigenvalue weighted by Gasteiger charge is 2.33. The first-order valence-corrected chi connectivity index (χ1v) is 14.1. The minimum Gasteiger partial charge on any atom is -0.351 e. The van der Waals surface area contributed by atoms with Crippen LogP contribution in [0, 0.1) is 6.92 Å². The number of nitrogens with zero attached hydrogens (tertiary/aromatic N) is 1. The smallest absolute Gasteiger partial charge is 0.247 e. The summed E-state index contributed by atoms with van der Waals surface area (Å²) in [4.78, 5) is 29.5. The van der Waals surface area contributed by atoms with Crippen LogP contribution < -0.4 is 15.5 Å². The number of allylic oxidation sites excluding steroid dienone is 1. The van der Waals surface area contributed by atoms with Gasteiger partial charge in [-0.2, -0.15) is 0 Å². The summed E-state index contributed by atoms with van der Waals surface area (Å²) in [7, 11) is 0. The molecule has 1 fully saturated rings. The summed E-state index contributed by atoms with van der Waals surface area (Å²) in [5.74, 6) is -0.0665. The summed E-state index contributed by atoms with van der Waals surface area (Å²) in [6.07, 6.45) is 6.58. The van der Waals surface area contributed by atoms with Gasteiger partial charge in [0.1, 0.15) is 6.04 Å². The number of nitrogens with one attached hydrogen (secondary N) is 2. The number of aryl methyl sites for hydroxylation is 1. The van der Waals surface area contributed by atoms with Crippen molar-refractivity contribution in [2.75, 3.05) is 10.2 Å². The Bertz CT molecular complexity index is 1210. The van der Waals surface area contributed by atoms with Crippen molar-refractivity contribution in [2.24, 2.45) is 0 Å². The fourth-order valence-corrected chi connectivity index (χ4v) is 5.75. The van der Waals surface area contributed by atoms with Crippen LogP contribution in [0.4, 0.5) is 11.4 Å². The van der Waals surface area contributed by atoms with E-state index in [0.29, 0.717) is 18.5 Å². The van der Waals surface area contributed by atoms with Crippen LogP contribution in [0.1, 0.15) is 67.5 Å². The van der Waals surface area contributed by atoms with Crippen LogP contribution in [0.3, 0.4) is 0 Å². The van der Waals surface area contributed by atoms with Gasteiger partial charge in [0.25, 0.3) is 0 Å². The fourth-order valence-electron chi connectivity index (χ4n) is 5.01. The molecule has 1 atom stereocenters. The van der Waals surface area contributed by atoms with Gasteiger partial charge in [-0.1, -0.05) is 69.2 Å². The third-order valence-electron chi connectivity index (χ3n) is 6.97. The van der Waals surface area contributed by atoms with Gasteiger partial charge in [-0.25, -0.2) is 0 Å². The van der Waals surface area contributed by atoms with E-state index in [1.807, 2.05) is 68.4 Å². The van der Waals surface area contributed by atoms with Gasteiger partial charge in [0.05, 0.1) is 0 Å². The van der Waals surface area contributed by atoms with Gasteiger partial charge < -0.3 is 15.5 Å². The van der Waals surface area contributed by atoms with Gasteiger partial charge in [-0.05, 0) is 60.5 Å². The van der Waals surface area contributed by atoms with E-state index in [9.17, 15) is 9.59 Å². The lowest BCUT2D eigenvalue weighted by molar-refractivity contribution is -0.123. The maximum absolute atomic E-state index is 14.1. The predicted molar refractivity (Wildman–Crippen MR) is 154 cm³/mol. The van der Waals surface area contributed by atoms with Gasteiger partial charge in [-0.3, -0.25) is 9.59 Å². The molecule has 6 heteroatoms. The van der Waals surface area contributed by atoms with Gasteiger partial charge in [0.15, 0.2) is 0 Å². The van der Waals surface area contributed by atoms with E-state index in [2.05, 4.69) is 33.6 Å². The third kappa shape index (κ3) is 6.89. The molecule has 0 saturated heterocycles. The van der Waals surface area contributed by atoms with Crippen molar-refractivity contribution in [3.05, 3.63) is 94.3 Å². The van der Waals surface area contributed by atoms with E-state index in [-0.39, 0.29) is 17.9 Å². The number of anilines is 2. The first kappa shape index (κ1) is 26.7. The maximum Gasteiger partial charge on any atom is 0.247 e. The summed E-state index contributed by atoms with van der Waals surface area (Å²) in [6, 6.07) is 19.5. The van der Waals surface area contributed by atoms with Crippen LogP contribution in [0.25, 0.3) is 0 Å². The highest BCUT2D eigenvalue weighted by Crippen LogP contribution is 2.36. The Morgan fingerprint density at radius 2 is 1.84 bits per heavy atom. The number of carbonyl (C=O) groups excluding carboxylic acids is 2. The van der Waals surface area contributed by atoms with Crippen LogP contribution in [-0.4, -0.2) is 17.9 Å². The molecule has 2 N–H and O–H groups in total. The lowest BCUT2D eigenvalue weighted by atomic mass is 9.93. The van der Waals surface area contributed by atoms with Crippen LogP contribution in [0.2, 0.25) is 0 Å². The molecule has 0 aliphatic heterocycles. The summed E-state index contributed by atoms with van der Waals surface area (Å²) in [5.41, 5.74) is 4.35. The van der Waals surface area contributed by atoms with E-state index in [1.165, 1.54) is 11.3 Å². The average molecular weight is 516 g/mol. The Morgan fingerprint density at radius 3 is 2.54 bits per heavy atom. The lowest BCUT2D eigenvalue weighted by Gasteiger charge is -2.37. The van der Waals surface area contributed by atoms with Crippen LogP contribution in [-0.2, 0) is 16.0 Å². The largest absolute Gasteiger partial charge is 0.351 e. The van der Waals surface area contributed by atoms with E-state index in [4.69, 9.17) is 0 Å². The van der Waals surface area contributed by atoms with Crippen molar-refractivity contribution < 1.29 is 9.59 Å². The molecule has 0 bridgehead atoms. The minimum atomic E-state index is -0.590. The molecule has 1 saturated carbocycles. The first-order valence-electron chi connectivity index (χ1n) is 13.2. The molecule has 194 valence electrons. The molecule has 3 aromatic rings. The molecule has 1 aliphatic carbocycles. The highest BCUT2D eigenvalue weighted by molar-refractivity contribution is 7.09. The van der Waals surface area contributed by atoms with Crippen molar-refractivity contribution in [1.82, 2.24) is 5.32 Å². The van der Waals surface area contributed by atoms with Crippen molar-refractivity contribution in [2.45, 2.75) is 70.9 Å². The Morgan fingerprint density at radius 1 is 1.05 bits per heavy atom. The fraction of sp³-hybridized carbons (Fsp3) is 0.355. The number of hydrogen-bond donors (Lipinski definition) is 2. The average Bonchev–Trinajstić information content (AvgIpc) is 3.41. The predicted octanol–water partition coefficient (Wildman–Crippen LogP) is 7.16. The van der Waals surface area contributed by atoms with Crippen LogP contribution in [0.5, 0.6) is 0 Å². The van der Waals surface area contributed by atoms with Crippen LogP contribution in [0.15, 0.2) is 78.3 Å². The zero-order valence-corrected chi connectivity index (χ0v) is 22.7. The Labute approximate surface area is 224 Å². The monoisotopic (exact) mass is 515 g/mol. The van der Waals surface area contributed by atoms with Gasteiger partial charge in [0.2, 0.25) is 11.8 Å². The summed E-state index contributed by atoms with van der Waals surface area (Å²) in [5, 5.41) is 8.40. The van der Waals surface area contributed by atoms with Gasteiger partial charge in [0, 0.05) is 40.8 Å². The number of carbonyl (C=O) groups is 2. The molecule has 0 spiro atoms. The molecular formula is C31H37N3O2S. The molecule has 2 aromatic carbocycles. The molecule has 37 heavy (non-hydrogen) atoms. The SMILES string of the molecule is C=C(Cc1cccs1)N(c1cccc(NC(=O)CC)c1)C(C(=O)NC1CCCCC1)c1ccccc1C. The Kier molecular flexibility index (Phi) is 9.18. The quantitative estimate of drug-likeness (QED) is 0.301.